The van der Waals surface area contributed by atoms with E-state index in [4.69, 9.17) is 21.0 Å². The first-order valence-corrected chi connectivity index (χ1v) is 17.3. The minimum Gasteiger partial charge on any atom is -0.436 e. The van der Waals surface area contributed by atoms with Gasteiger partial charge in [-0.3, -0.25) is 0 Å². The summed E-state index contributed by atoms with van der Waals surface area (Å²) in [4.78, 5) is 9.53. The van der Waals surface area contributed by atoms with Gasteiger partial charge in [-0.2, -0.15) is 4.98 Å². The number of para-hydroxylation sites is 2. The molecule has 10 aromatic rings. The van der Waals surface area contributed by atoms with E-state index in [0.29, 0.717) is 22.1 Å². The molecule has 0 aliphatic rings. The second-order valence-corrected chi connectivity index (χ2v) is 13.8. The van der Waals surface area contributed by atoms with Gasteiger partial charge >= 0.3 is 0 Å². The Morgan fingerprint density at radius 2 is 1.49 bits per heavy atom. The molecule has 0 saturated heterocycles. The monoisotopic (exact) mass is 667 g/mol. The number of benzene rings is 6. The zero-order valence-electron chi connectivity index (χ0n) is 26.4. The number of halogens is 1. The Balaban J connectivity index is 1.25. The molecule has 0 unspecified atom stereocenters. The number of nitrogens with zero attached hydrogens (tertiary/aromatic N) is 3. The van der Waals surface area contributed by atoms with Gasteiger partial charge in [0.05, 0.1) is 15.7 Å². The van der Waals surface area contributed by atoms with Crippen molar-refractivity contribution in [2.45, 2.75) is 6.92 Å². The van der Waals surface area contributed by atoms with E-state index in [1.54, 1.807) is 0 Å². The number of thiophene rings is 1. The highest BCUT2D eigenvalue weighted by atomic mass is 35.5. The molecular formula is C43H26ClN3OS. The van der Waals surface area contributed by atoms with Crippen molar-refractivity contribution in [2.24, 2.45) is 0 Å². The molecule has 0 spiro atoms. The van der Waals surface area contributed by atoms with Crippen LogP contribution < -0.4 is 0 Å². The summed E-state index contributed by atoms with van der Waals surface area (Å²) in [7, 11) is 0. The lowest BCUT2D eigenvalue weighted by Crippen LogP contribution is -1.95. The first-order valence-electron chi connectivity index (χ1n) is 16.1. The van der Waals surface area contributed by atoms with E-state index in [9.17, 15) is 0 Å². The number of hydrogen-bond acceptors (Lipinski definition) is 4. The highest BCUT2D eigenvalue weighted by Crippen LogP contribution is 2.48. The summed E-state index contributed by atoms with van der Waals surface area (Å²) in [6, 6.07) is 38.6. The van der Waals surface area contributed by atoms with Crippen LogP contribution in [0.25, 0.3) is 98.0 Å². The third kappa shape index (κ3) is 4.10. The van der Waals surface area contributed by atoms with Crippen molar-refractivity contribution in [3.63, 3.8) is 0 Å². The van der Waals surface area contributed by atoms with Crippen LogP contribution in [-0.2, 0) is 0 Å². The zero-order valence-corrected chi connectivity index (χ0v) is 27.9. The van der Waals surface area contributed by atoms with Gasteiger partial charge in [-0.05, 0) is 71.3 Å². The quantitative estimate of drug-likeness (QED) is 0.175. The Morgan fingerprint density at radius 1 is 0.776 bits per heavy atom. The van der Waals surface area contributed by atoms with Gasteiger partial charge in [-0.1, -0.05) is 103 Å². The summed E-state index contributed by atoms with van der Waals surface area (Å²) in [6.45, 7) is 6.07. The molecule has 0 aliphatic heterocycles. The normalized spacial score (nSPS) is 12.3. The Morgan fingerprint density at radius 3 is 2.29 bits per heavy atom. The summed E-state index contributed by atoms with van der Waals surface area (Å²) in [5, 5.41) is 8.82. The number of rotatable bonds is 4. The van der Waals surface area contributed by atoms with E-state index in [0.717, 1.165) is 27.7 Å². The van der Waals surface area contributed by atoms with E-state index >= 15 is 0 Å². The average molecular weight is 668 g/mol. The lowest BCUT2D eigenvalue weighted by molar-refractivity contribution is 0.653. The molecule has 6 heteroatoms. The van der Waals surface area contributed by atoms with Crippen LogP contribution in [0, 0.1) is 6.92 Å². The van der Waals surface area contributed by atoms with Crippen LogP contribution in [0.1, 0.15) is 11.1 Å². The van der Waals surface area contributed by atoms with Crippen molar-refractivity contribution in [3.8, 4) is 16.9 Å². The minimum absolute atomic E-state index is 0.312. The second-order valence-electron chi connectivity index (χ2n) is 12.4. The van der Waals surface area contributed by atoms with Gasteiger partial charge in [-0.25, -0.2) is 4.98 Å². The van der Waals surface area contributed by atoms with Crippen LogP contribution in [0.2, 0.25) is 5.15 Å². The number of allylic oxidation sites excluding steroid dienone is 2. The molecule has 0 atom stereocenters. The van der Waals surface area contributed by atoms with Crippen molar-refractivity contribution >= 4 is 104 Å². The van der Waals surface area contributed by atoms with E-state index in [-0.39, 0.29) is 0 Å². The Labute approximate surface area is 289 Å². The Kier molecular flexibility index (Phi) is 6.13. The smallest absolute Gasteiger partial charge is 0.247 e. The lowest BCUT2D eigenvalue weighted by Gasteiger charge is -2.11. The molecule has 10 rings (SSSR count). The fraction of sp³-hybridized carbons (Fsp3) is 0.0233. The number of aryl methyl sites for hydroxylation is 1. The summed E-state index contributed by atoms with van der Waals surface area (Å²) in [5.41, 5.74) is 9.30. The molecule has 0 N–H and O–H groups in total. The third-order valence-corrected chi connectivity index (χ3v) is 11.0. The Bertz CT molecular complexity index is 3040. The van der Waals surface area contributed by atoms with Gasteiger partial charge in [0.15, 0.2) is 5.15 Å². The van der Waals surface area contributed by atoms with Gasteiger partial charge in [0.25, 0.3) is 0 Å². The zero-order chi connectivity index (χ0) is 32.8. The van der Waals surface area contributed by atoms with Gasteiger partial charge < -0.3 is 8.98 Å². The van der Waals surface area contributed by atoms with Gasteiger partial charge in [-0.15, -0.1) is 11.3 Å². The molecule has 0 amide bonds. The van der Waals surface area contributed by atoms with E-state index in [1.807, 2.05) is 47.8 Å². The number of aromatic nitrogens is 3. The maximum absolute atomic E-state index is 6.72. The molecule has 0 bridgehead atoms. The molecular weight excluding hydrogens is 642 g/mol. The molecule has 0 aliphatic carbocycles. The van der Waals surface area contributed by atoms with Crippen molar-refractivity contribution < 1.29 is 4.42 Å². The molecule has 6 aromatic carbocycles. The summed E-state index contributed by atoms with van der Waals surface area (Å²) < 4.78 is 10.9. The van der Waals surface area contributed by atoms with E-state index in [2.05, 4.69) is 114 Å². The standard InChI is InChI=1S/C43H26ClN3OS/c1-3-4-11-26-23-32-35(22-24(26)2)49-41-37(32)29-13-6-5-12-28(29)36-30-14-7-9-16-33(30)47(40(36)41)27-20-18-25(19-21-27)38-42(44)46-43-39(45-38)31-15-8-10-17-34(31)48-43/h3-23H,1H2,2H3/b11-4-. The highest BCUT2D eigenvalue weighted by Gasteiger charge is 2.22. The van der Waals surface area contributed by atoms with Crippen molar-refractivity contribution in [1.82, 2.24) is 14.5 Å². The number of fused-ring (bicyclic) bond motifs is 13. The predicted octanol–water partition coefficient (Wildman–Crippen LogP) is 12.8. The fourth-order valence-corrected chi connectivity index (χ4v) is 8.98. The molecule has 4 aromatic heterocycles. The summed E-state index contributed by atoms with van der Waals surface area (Å²) in [5.74, 6) is 0. The second kappa shape index (κ2) is 10.6. The SMILES string of the molecule is C=C/C=C\c1cc2c(cc1C)sc1c2c2ccccc2c2c3ccccc3n(-c3ccc(-c4nc5c(nc4Cl)oc4ccccc45)cc3)c12. The topological polar surface area (TPSA) is 43.9 Å². The fourth-order valence-electron chi connectivity index (χ4n) is 7.42. The summed E-state index contributed by atoms with van der Waals surface area (Å²) in [6.07, 6.45) is 5.99. The van der Waals surface area contributed by atoms with Crippen molar-refractivity contribution in [3.05, 3.63) is 144 Å². The molecule has 0 fully saturated rings. The maximum atomic E-state index is 6.72. The Hall–Kier alpha value is -5.75. The molecule has 4 heterocycles. The largest absolute Gasteiger partial charge is 0.436 e. The van der Waals surface area contributed by atoms with Gasteiger partial charge in [0.2, 0.25) is 5.71 Å². The van der Waals surface area contributed by atoms with Crippen LogP contribution in [0.5, 0.6) is 0 Å². The lowest BCUT2D eigenvalue weighted by atomic mass is 9.97. The average Bonchev–Trinajstić information content (AvgIpc) is 3.79. The van der Waals surface area contributed by atoms with E-state index in [1.165, 1.54) is 58.4 Å². The van der Waals surface area contributed by atoms with Gasteiger partial charge in [0, 0.05) is 42.9 Å². The van der Waals surface area contributed by atoms with Crippen molar-refractivity contribution in [1.29, 1.82) is 0 Å². The summed E-state index contributed by atoms with van der Waals surface area (Å²) >= 11 is 8.60. The van der Waals surface area contributed by atoms with Crippen LogP contribution >= 0.6 is 22.9 Å². The number of hydrogen-bond donors (Lipinski definition) is 0. The highest BCUT2D eigenvalue weighted by molar-refractivity contribution is 7.27. The van der Waals surface area contributed by atoms with Crippen molar-refractivity contribution in [2.75, 3.05) is 0 Å². The molecule has 4 nitrogen and oxygen atoms in total. The van der Waals surface area contributed by atoms with E-state index < -0.39 is 0 Å². The van der Waals surface area contributed by atoms with Crippen LogP contribution in [0.4, 0.5) is 0 Å². The van der Waals surface area contributed by atoms with Crippen LogP contribution in [0.15, 0.2) is 132 Å². The maximum Gasteiger partial charge on any atom is 0.247 e. The molecule has 0 radical (unpaired) electrons. The molecule has 0 saturated carbocycles. The third-order valence-electron chi connectivity index (χ3n) is 9.61. The van der Waals surface area contributed by atoms with Crippen LogP contribution in [-0.4, -0.2) is 14.5 Å². The first kappa shape index (κ1) is 28.3. The number of furan rings is 1. The predicted molar refractivity (Wildman–Crippen MR) is 208 cm³/mol. The minimum atomic E-state index is 0.312. The molecule has 232 valence electrons. The van der Waals surface area contributed by atoms with Crippen LogP contribution in [0.3, 0.4) is 0 Å². The molecule has 49 heavy (non-hydrogen) atoms. The first-order chi connectivity index (χ1) is 24.1. The van der Waals surface area contributed by atoms with Gasteiger partial charge in [0.1, 0.15) is 16.8 Å².